The molecule has 0 unspecified atom stereocenters. The highest BCUT2D eigenvalue weighted by molar-refractivity contribution is 7.90. The van der Waals surface area contributed by atoms with Crippen molar-refractivity contribution >= 4 is 21.6 Å². The second-order valence-electron chi connectivity index (χ2n) is 2.55. The molecule has 0 aliphatic carbocycles. The van der Waals surface area contributed by atoms with E-state index in [0.717, 1.165) is 6.07 Å². The van der Waals surface area contributed by atoms with Crippen molar-refractivity contribution < 1.29 is 12.8 Å². The molecule has 0 spiro atoms. The molecule has 0 aliphatic rings. The van der Waals surface area contributed by atoms with Crippen LogP contribution in [0.2, 0.25) is 0 Å². The van der Waals surface area contributed by atoms with E-state index < -0.39 is 16.0 Å². The SMILES string of the molecule is CNS(=O)(=O)Nc1ccc(N)c(F)c1. The summed E-state index contributed by atoms with van der Waals surface area (Å²) < 4.78 is 39.0. The second-order valence-corrected chi connectivity index (χ2v) is 4.17. The minimum Gasteiger partial charge on any atom is -0.396 e. The van der Waals surface area contributed by atoms with Crippen LogP contribution < -0.4 is 15.2 Å². The molecule has 14 heavy (non-hydrogen) atoms. The average molecular weight is 219 g/mol. The van der Waals surface area contributed by atoms with E-state index in [0.29, 0.717) is 0 Å². The lowest BCUT2D eigenvalue weighted by atomic mass is 10.3. The van der Waals surface area contributed by atoms with Crippen LogP contribution in [0.15, 0.2) is 18.2 Å². The smallest absolute Gasteiger partial charge is 0.298 e. The van der Waals surface area contributed by atoms with Crippen molar-refractivity contribution in [1.29, 1.82) is 0 Å². The van der Waals surface area contributed by atoms with Crippen LogP contribution >= 0.6 is 0 Å². The maximum Gasteiger partial charge on any atom is 0.298 e. The van der Waals surface area contributed by atoms with Crippen molar-refractivity contribution in [2.45, 2.75) is 0 Å². The average Bonchev–Trinajstić information content (AvgIpc) is 2.11. The maximum atomic E-state index is 12.9. The van der Waals surface area contributed by atoms with E-state index in [9.17, 15) is 12.8 Å². The summed E-state index contributed by atoms with van der Waals surface area (Å²) >= 11 is 0. The molecule has 0 amide bonds. The van der Waals surface area contributed by atoms with Gasteiger partial charge in [0.25, 0.3) is 10.2 Å². The predicted molar refractivity (Wildman–Crippen MR) is 52.4 cm³/mol. The van der Waals surface area contributed by atoms with Crippen molar-refractivity contribution in [3.05, 3.63) is 24.0 Å². The minimum atomic E-state index is -3.61. The van der Waals surface area contributed by atoms with Crippen LogP contribution in [0.3, 0.4) is 0 Å². The number of rotatable bonds is 3. The van der Waals surface area contributed by atoms with Crippen LogP contribution in [0.1, 0.15) is 0 Å². The summed E-state index contributed by atoms with van der Waals surface area (Å²) in [5, 5.41) is 0. The number of hydrogen-bond donors (Lipinski definition) is 3. The van der Waals surface area contributed by atoms with E-state index in [2.05, 4.69) is 4.72 Å². The summed E-state index contributed by atoms with van der Waals surface area (Å²) in [6.45, 7) is 0. The van der Waals surface area contributed by atoms with Crippen LogP contribution in [-0.2, 0) is 10.2 Å². The zero-order valence-electron chi connectivity index (χ0n) is 7.41. The third-order valence-corrected chi connectivity index (χ3v) is 2.56. The molecule has 0 heterocycles. The van der Waals surface area contributed by atoms with Crippen molar-refractivity contribution in [1.82, 2.24) is 4.72 Å². The molecule has 0 aliphatic heterocycles. The van der Waals surface area contributed by atoms with Gasteiger partial charge < -0.3 is 5.73 Å². The van der Waals surface area contributed by atoms with Gasteiger partial charge >= 0.3 is 0 Å². The van der Waals surface area contributed by atoms with Gasteiger partial charge in [0.1, 0.15) is 5.82 Å². The van der Waals surface area contributed by atoms with Crippen LogP contribution in [0, 0.1) is 5.82 Å². The molecule has 0 fully saturated rings. The highest BCUT2D eigenvalue weighted by atomic mass is 32.2. The van der Waals surface area contributed by atoms with E-state index in [4.69, 9.17) is 5.73 Å². The molecule has 1 aromatic rings. The summed E-state index contributed by atoms with van der Waals surface area (Å²) in [6, 6.07) is 3.65. The molecule has 0 atom stereocenters. The van der Waals surface area contributed by atoms with Crippen molar-refractivity contribution in [3.8, 4) is 0 Å². The lowest BCUT2D eigenvalue weighted by Crippen LogP contribution is -2.26. The third-order valence-electron chi connectivity index (χ3n) is 1.52. The number of halogens is 1. The van der Waals surface area contributed by atoms with Crippen molar-refractivity contribution in [2.75, 3.05) is 17.5 Å². The first-order valence-electron chi connectivity index (χ1n) is 3.71. The van der Waals surface area contributed by atoms with E-state index in [1.54, 1.807) is 0 Å². The monoisotopic (exact) mass is 219 g/mol. The van der Waals surface area contributed by atoms with E-state index >= 15 is 0 Å². The molecule has 0 aromatic heterocycles. The lowest BCUT2D eigenvalue weighted by molar-refractivity contribution is 0.593. The summed E-state index contributed by atoms with van der Waals surface area (Å²) in [5.41, 5.74) is 5.30. The summed E-state index contributed by atoms with van der Waals surface area (Å²) in [4.78, 5) is 0. The van der Waals surface area contributed by atoms with Gasteiger partial charge in [0.15, 0.2) is 0 Å². The lowest BCUT2D eigenvalue weighted by Gasteiger charge is -2.06. The van der Waals surface area contributed by atoms with Gasteiger partial charge in [-0.15, -0.1) is 0 Å². The van der Waals surface area contributed by atoms with Crippen LogP contribution in [0.25, 0.3) is 0 Å². The molecule has 7 heteroatoms. The first-order chi connectivity index (χ1) is 6.44. The third kappa shape index (κ3) is 2.57. The largest absolute Gasteiger partial charge is 0.396 e. The number of anilines is 2. The van der Waals surface area contributed by atoms with Gasteiger partial charge in [-0.3, -0.25) is 4.72 Å². The fourth-order valence-electron chi connectivity index (χ4n) is 0.797. The Labute approximate surface area is 81.3 Å². The molecule has 0 bridgehead atoms. The summed E-state index contributed by atoms with van der Waals surface area (Å²) in [6.07, 6.45) is 0. The Hall–Kier alpha value is -1.34. The van der Waals surface area contributed by atoms with Gasteiger partial charge in [0.2, 0.25) is 0 Å². The van der Waals surface area contributed by atoms with E-state index in [1.807, 2.05) is 4.72 Å². The quantitative estimate of drug-likeness (QED) is 0.638. The Bertz CT molecular complexity index is 433. The van der Waals surface area contributed by atoms with Crippen LogP contribution in [0.4, 0.5) is 15.8 Å². The standard InChI is InChI=1S/C7H10FN3O2S/c1-10-14(12,13)11-5-2-3-7(9)6(8)4-5/h2-4,10-11H,9H2,1H3. The molecule has 0 saturated heterocycles. The maximum absolute atomic E-state index is 12.9. The van der Waals surface area contributed by atoms with E-state index in [1.165, 1.54) is 19.2 Å². The molecule has 0 radical (unpaired) electrons. The van der Waals surface area contributed by atoms with Gasteiger partial charge in [0, 0.05) is 13.1 Å². The van der Waals surface area contributed by atoms with Crippen molar-refractivity contribution in [2.24, 2.45) is 0 Å². The molecule has 1 aromatic carbocycles. The molecular formula is C7H10FN3O2S. The first-order valence-corrected chi connectivity index (χ1v) is 5.19. The fourth-order valence-corrected chi connectivity index (χ4v) is 1.34. The predicted octanol–water partition coefficient (Wildman–Crippen LogP) is 0.284. The highest BCUT2D eigenvalue weighted by Gasteiger charge is 2.07. The molecular weight excluding hydrogens is 209 g/mol. The molecule has 4 N–H and O–H groups in total. The number of hydrogen-bond acceptors (Lipinski definition) is 3. The fraction of sp³-hybridized carbons (Fsp3) is 0.143. The molecule has 0 saturated carbocycles. The number of nitrogen functional groups attached to an aromatic ring is 1. The molecule has 5 nitrogen and oxygen atoms in total. The second kappa shape index (κ2) is 3.81. The molecule has 1 rings (SSSR count). The number of nitrogens with two attached hydrogens (primary N) is 1. The zero-order valence-corrected chi connectivity index (χ0v) is 8.23. The number of benzene rings is 1. The Balaban J connectivity index is 2.94. The Morgan fingerprint density at radius 2 is 2.07 bits per heavy atom. The topological polar surface area (TPSA) is 84.2 Å². The van der Waals surface area contributed by atoms with Gasteiger partial charge in [-0.1, -0.05) is 0 Å². The van der Waals surface area contributed by atoms with E-state index in [-0.39, 0.29) is 11.4 Å². The van der Waals surface area contributed by atoms with Crippen LogP contribution in [0.5, 0.6) is 0 Å². The van der Waals surface area contributed by atoms with Gasteiger partial charge in [0.05, 0.1) is 11.4 Å². The summed E-state index contributed by atoms with van der Waals surface area (Å²) in [7, 11) is -2.36. The molecule has 78 valence electrons. The van der Waals surface area contributed by atoms with Crippen molar-refractivity contribution in [3.63, 3.8) is 0 Å². The van der Waals surface area contributed by atoms with Gasteiger partial charge in [-0.25, -0.2) is 9.11 Å². The highest BCUT2D eigenvalue weighted by Crippen LogP contribution is 2.16. The number of nitrogens with one attached hydrogen (secondary N) is 2. The summed E-state index contributed by atoms with van der Waals surface area (Å²) in [5.74, 6) is -0.665. The minimum absolute atomic E-state index is 0.0302. The normalized spacial score (nSPS) is 11.3. The van der Waals surface area contributed by atoms with Gasteiger partial charge in [-0.05, 0) is 12.1 Å². The Morgan fingerprint density at radius 1 is 1.43 bits per heavy atom. The Kier molecular flexibility index (Phi) is 2.92. The van der Waals surface area contributed by atoms with Gasteiger partial charge in [-0.2, -0.15) is 8.42 Å². The van der Waals surface area contributed by atoms with Crippen LogP contribution in [-0.4, -0.2) is 15.5 Å². The Morgan fingerprint density at radius 3 is 2.57 bits per heavy atom. The first kappa shape index (κ1) is 10.7. The zero-order chi connectivity index (χ0) is 10.8.